The molecule has 0 unspecified atom stereocenters. The molecule has 14 heavy (non-hydrogen) atoms. The smallest absolute Gasteiger partial charge is 0.0196 e. The van der Waals surface area contributed by atoms with E-state index in [2.05, 4.69) is 38.1 Å². The van der Waals surface area contributed by atoms with Crippen LogP contribution in [0.25, 0.3) is 6.08 Å². The van der Waals surface area contributed by atoms with Crippen molar-refractivity contribution in [2.24, 2.45) is 0 Å². The normalized spacial score (nSPS) is 13.6. The van der Waals surface area contributed by atoms with Gasteiger partial charge in [0.15, 0.2) is 0 Å². The Morgan fingerprint density at radius 1 is 1.00 bits per heavy atom. The van der Waals surface area contributed by atoms with Crippen LogP contribution in [0.1, 0.15) is 43.9 Å². The van der Waals surface area contributed by atoms with Gasteiger partial charge in [-0.2, -0.15) is 0 Å². The van der Waals surface area contributed by atoms with E-state index in [0.717, 1.165) is 0 Å². The third-order valence-electron chi connectivity index (χ3n) is 2.59. The van der Waals surface area contributed by atoms with E-state index in [9.17, 15) is 0 Å². The molecule has 0 saturated heterocycles. The quantitative estimate of drug-likeness (QED) is 0.567. The third-order valence-corrected chi connectivity index (χ3v) is 2.59. The molecule has 0 aromatic heterocycles. The number of benzene rings is 1. The fraction of sp³-hybridized carbons (Fsp3) is 0.429. The summed E-state index contributed by atoms with van der Waals surface area (Å²) >= 11 is 0. The Hall–Kier alpha value is -1.04. The Labute approximate surface area is 87.7 Å². The first-order chi connectivity index (χ1) is 6.77. The van der Waals surface area contributed by atoms with Crippen LogP contribution in [0, 0.1) is 6.92 Å². The second-order valence-corrected chi connectivity index (χ2v) is 3.64. The van der Waals surface area contributed by atoms with E-state index in [1.807, 2.05) is 13.8 Å². The van der Waals surface area contributed by atoms with Gasteiger partial charge in [-0.3, -0.25) is 0 Å². The van der Waals surface area contributed by atoms with Gasteiger partial charge in [-0.1, -0.05) is 43.7 Å². The highest BCUT2D eigenvalue weighted by atomic mass is 14.1. The Morgan fingerprint density at radius 2 is 1.71 bits per heavy atom. The van der Waals surface area contributed by atoms with Crippen molar-refractivity contribution in [3.63, 3.8) is 0 Å². The number of hydrogen-bond acceptors (Lipinski definition) is 0. The van der Waals surface area contributed by atoms with Crippen LogP contribution in [-0.2, 0) is 6.42 Å². The van der Waals surface area contributed by atoms with Gasteiger partial charge in [0.1, 0.15) is 0 Å². The van der Waals surface area contributed by atoms with Crippen LogP contribution in [0.15, 0.2) is 23.8 Å². The Bertz CT molecular complexity index is 332. The fourth-order valence-electron chi connectivity index (χ4n) is 1.82. The molecule has 0 nitrogen and oxygen atoms in total. The van der Waals surface area contributed by atoms with Crippen molar-refractivity contribution in [1.82, 2.24) is 0 Å². The van der Waals surface area contributed by atoms with Gasteiger partial charge < -0.3 is 0 Å². The molecule has 0 radical (unpaired) electrons. The highest BCUT2D eigenvalue weighted by molar-refractivity contribution is 5.62. The lowest BCUT2D eigenvalue weighted by molar-refractivity contribution is 0.924. The number of aryl methyl sites for hydroxylation is 2. The molecule has 0 saturated carbocycles. The summed E-state index contributed by atoms with van der Waals surface area (Å²) in [5.41, 5.74) is 5.89. The van der Waals surface area contributed by atoms with Gasteiger partial charge in [0.05, 0.1) is 0 Å². The highest BCUT2D eigenvalue weighted by Gasteiger charge is 2.08. The third kappa shape index (κ3) is 2.25. The maximum absolute atomic E-state index is 2.33. The van der Waals surface area contributed by atoms with Gasteiger partial charge in [0.25, 0.3) is 0 Å². The van der Waals surface area contributed by atoms with Crippen molar-refractivity contribution < 1.29 is 0 Å². The molecule has 0 amide bonds. The molecule has 1 aliphatic rings. The molecule has 0 N–H and O–H groups in total. The van der Waals surface area contributed by atoms with Gasteiger partial charge in [-0.25, -0.2) is 0 Å². The van der Waals surface area contributed by atoms with Gasteiger partial charge in [0.2, 0.25) is 0 Å². The highest BCUT2D eigenvalue weighted by Crippen LogP contribution is 2.25. The van der Waals surface area contributed by atoms with Crippen LogP contribution in [0.2, 0.25) is 0 Å². The fourth-order valence-corrected chi connectivity index (χ4v) is 1.82. The first-order valence-electron chi connectivity index (χ1n) is 5.53. The molecular weight excluding hydrogens is 168 g/mol. The van der Waals surface area contributed by atoms with Gasteiger partial charge >= 0.3 is 0 Å². The first-order valence-corrected chi connectivity index (χ1v) is 5.53. The van der Waals surface area contributed by atoms with Gasteiger partial charge in [-0.05, 0) is 43.4 Å². The minimum absolute atomic E-state index is 1.22. The van der Waals surface area contributed by atoms with E-state index in [0.29, 0.717) is 0 Å². The van der Waals surface area contributed by atoms with Crippen molar-refractivity contribution >= 4 is 6.08 Å². The number of hydrogen-bond donors (Lipinski definition) is 0. The second-order valence-electron chi connectivity index (χ2n) is 3.64. The largest absolute Gasteiger partial charge is 0.0724 e. The second kappa shape index (κ2) is 4.99. The van der Waals surface area contributed by atoms with Crippen molar-refractivity contribution in [2.45, 2.75) is 40.5 Å². The molecule has 0 spiro atoms. The summed E-state index contributed by atoms with van der Waals surface area (Å²) in [6.45, 7) is 8.41. The standard InChI is InChI=1S/C12H14.C2H6/c1-9-6-7-11-5-3-4-10(2)12(11)8-9;1-2/h3-5,8H,6-7H2,1-2H3;1-2H3. The van der Waals surface area contributed by atoms with Crippen molar-refractivity contribution in [1.29, 1.82) is 0 Å². The number of allylic oxidation sites excluding steroid dienone is 1. The van der Waals surface area contributed by atoms with E-state index >= 15 is 0 Å². The number of rotatable bonds is 0. The van der Waals surface area contributed by atoms with E-state index in [-0.39, 0.29) is 0 Å². The molecule has 1 aromatic carbocycles. The number of fused-ring (bicyclic) bond motifs is 1. The molecular formula is C14H20. The van der Waals surface area contributed by atoms with Crippen molar-refractivity contribution in [3.05, 3.63) is 40.5 Å². The summed E-state index contributed by atoms with van der Waals surface area (Å²) in [6.07, 6.45) is 4.78. The Morgan fingerprint density at radius 3 is 2.43 bits per heavy atom. The predicted molar refractivity (Wildman–Crippen MR) is 64.5 cm³/mol. The lowest BCUT2D eigenvalue weighted by Crippen LogP contribution is -1.98. The van der Waals surface area contributed by atoms with Crippen LogP contribution < -0.4 is 0 Å². The maximum atomic E-state index is 2.33. The molecule has 0 aliphatic heterocycles. The minimum Gasteiger partial charge on any atom is -0.0724 e. The van der Waals surface area contributed by atoms with E-state index in [1.54, 1.807) is 0 Å². The summed E-state index contributed by atoms with van der Waals surface area (Å²) in [6, 6.07) is 6.59. The summed E-state index contributed by atoms with van der Waals surface area (Å²) in [4.78, 5) is 0. The SMILES string of the molecule is CC.CC1=Cc2c(C)cccc2CC1. The Kier molecular flexibility index (Phi) is 3.94. The zero-order valence-corrected chi connectivity index (χ0v) is 9.72. The van der Waals surface area contributed by atoms with Gasteiger partial charge in [-0.15, -0.1) is 0 Å². The summed E-state index contributed by atoms with van der Waals surface area (Å²) in [5.74, 6) is 0. The van der Waals surface area contributed by atoms with Crippen molar-refractivity contribution in [2.75, 3.05) is 0 Å². The zero-order valence-electron chi connectivity index (χ0n) is 9.72. The first kappa shape index (κ1) is 11.0. The van der Waals surface area contributed by atoms with Crippen LogP contribution >= 0.6 is 0 Å². The lowest BCUT2D eigenvalue weighted by atomic mass is 9.90. The van der Waals surface area contributed by atoms with E-state index < -0.39 is 0 Å². The monoisotopic (exact) mass is 188 g/mol. The van der Waals surface area contributed by atoms with Crippen LogP contribution in [-0.4, -0.2) is 0 Å². The predicted octanol–water partition coefficient (Wildman–Crippen LogP) is 4.37. The van der Waals surface area contributed by atoms with Crippen LogP contribution in [0.5, 0.6) is 0 Å². The summed E-state index contributed by atoms with van der Waals surface area (Å²) < 4.78 is 0. The minimum atomic E-state index is 1.22. The molecule has 0 fully saturated rings. The molecule has 0 bridgehead atoms. The molecule has 2 rings (SSSR count). The zero-order chi connectivity index (χ0) is 10.6. The molecule has 0 atom stereocenters. The van der Waals surface area contributed by atoms with E-state index in [4.69, 9.17) is 0 Å². The molecule has 0 heteroatoms. The Balaban J connectivity index is 0.000000461. The topological polar surface area (TPSA) is 0 Å². The average Bonchev–Trinajstić information content (AvgIpc) is 2.22. The van der Waals surface area contributed by atoms with Crippen molar-refractivity contribution in [3.8, 4) is 0 Å². The molecule has 76 valence electrons. The van der Waals surface area contributed by atoms with E-state index in [1.165, 1.54) is 35.1 Å². The molecule has 1 aliphatic carbocycles. The maximum Gasteiger partial charge on any atom is -0.0196 e. The van der Waals surface area contributed by atoms with Crippen LogP contribution in [0.3, 0.4) is 0 Å². The molecule has 1 aromatic rings. The lowest BCUT2D eigenvalue weighted by Gasteiger charge is -2.15. The van der Waals surface area contributed by atoms with Crippen LogP contribution in [0.4, 0.5) is 0 Å². The van der Waals surface area contributed by atoms with Gasteiger partial charge in [0, 0.05) is 0 Å². The summed E-state index contributed by atoms with van der Waals surface area (Å²) in [7, 11) is 0. The summed E-state index contributed by atoms with van der Waals surface area (Å²) in [5, 5.41) is 0. The average molecular weight is 188 g/mol. The molecule has 0 heterocycles.